The molecule has 2 bridgehead atoms. The number of amides is 1. The molecule has 1 atom stereocenters. The van der Waals surface area contributed by atoms with Gasteiger partial charge < -0.3 is 15.1 Å². The van der Waals surface area contributed by atoms with Gasteiger partial charge in [-0.2, -0.15) is 0 Å². The van der Waals surface area contributed by atoms with Gasteiger partial charge >= 0.3 is 0 Å². The van der Waals surface area contributed by atoms with Crippen molar-refractivity contribution in [1.29, 1.82) is 0 Å². The largest absolute Gasteiger partial charge is 0.337 e. The van der Waals surface area contributed by atoms with E-state index in [0.717, 1.165) is 32.0 Å². The van der Waals surface area contributed by atoms with Crippen molar-refractivity contribution in [2.24, 2.45) is 5.92 Å². The molecule has 5 rings (SSSR count). The van der Waals surface area contributed by atoms with Crippen molar-refractivity contribution in [2.75, 3.05) is 32.7 Å². The monoisotopic (exact) mass is 305 g/mol. The van der Waals surface area contributed by atoms with E-state index >= 15 is 0 Å². The number of hydrogen-bond acceptors (Lipinski definition) is 4. The fourth-order valence-corrected chi connectivity index (χ4v) is 4.88. The number of piperidine rings is 3. The minimum atomic E-state index is 0.267. The molecular weight excluding hydrogens is 282 g/mol. The molecule has 0 aromatic carbocycles. The molecule has 4 aliphatic heterocycles. The van der Waals surface area contributed by atoms with Gasteiger partial charge in [0.25, 0.3) is 0 Å². The number of carbonyl (C=O) groups excluding carboxylic acids is 1. The van der Waals surface area contributed by atoms with Crippen LogP contribution in [0.15, 0.2) is 11.4 Å². The van der Waals surface area contributed by atoms with E-state index in [0.29, 0.717) is 12.6 Å². The Morgan fingerprint density at radius 3 is 2.95 bits per heavy atom. The second-order valence-electron chi connectivity index (χ2n) is 6.56. The van der Waals surface area contributed by atoms with Crippen LogP contribution in [0.1, 0.15) is 23.3 Å². The van der Waals surface area contributed by atoms with Gasteiger partial charge in [-0.3, -0.25) is 4.79 Å². The highest BCUT2D eigenvalue weighted by Crippen LogP contribution is 2.27. The Labute approximate surface area is 130 Å². The topological polar surface area (TPSA) is 35.6 Å². The summed E-state index contributed by atoms with van der Waals surface area (Å²) in [5, 5.41) is 5.68. The van der Waals surface area contributed by atoms with Crippen molar-refractivity contribution in [2.45, 2.75) is 31.8 Å². The molecule has 5 heterocycles. The van der Waals surface area contributed by atoms with Gasteiger partial charge in [-0.25, -0.2) is 0 Å². The number of carbonyl (C=O) groups is 1. The van der Waals surface area contributed by atoms with Crippen molar-refractivity contribution < 1.29 is 4.79 Å². The molecule has 1 aromatic rings. The summed E-state index contributed by atoms with van der Waals surface area (Å²) in [4.78, 5) is 18.4. The van der Waals surface area contributed by atoms with E-state index in [4.69, 9.17) is 0 Å². The highest BCUT2D eigenvalue weighted by Gasteiger charge is 2.34. The molecule has 0 saturated carbocycles. The summed E-state index contributed by atoms with van der Waals surface area (Å²) in [6.07, 6.45) is 3.63. The van der Waals surface area contributed by atoms with Crippen LogP contribution in [0.25, 0.3) is 0 Å². The maximum atomic E-state index is 12.4. The van der Waals surface area contributed by atoms with Crippen LogP contribution < -0.4 is 5.32 Å². The Kier molecular flexibility index (Phi) is 3.73. The fraction of sp³-hybridized carbons (Fsp3) is 0.688. The summed E-state index contributed by atoms with van der Waals surface area (Å²) >= 11 is 1.82. The van der Waals surface area contributed by atoms with Gasteiger partial charge in [0.05, 0.1) is 6.54 Å². The van der Waals surface area contributed by atoms with Gasteiger partial charge in [0, 0.05) is 30.6 Å². The van der Waals surface area contributed by atoms with E-state index in [-0.39, 0.29) is 5.91 Å². The SMILES string of the molecule is O=C(CNC1CN2CCC1CC2)N1CCc2sccc2C1. The van der Waals surface area contributed by atoms with Crippen LogP contribution in [0.5, 0.6) is 0 Å². The van der Waals surface area contributed by atoms with Crippen LogP contribution in [0.4, 0.5) is 0 Å². The lowest BCUT2D eigenvalue weighted by molar-refractivity contribution is -0.131. The Hall–Kier alpha value is -0.910. The van der Waals surface area contributed by atoms with E-state index < -0.39 is 0 Å². The molecule has 3 fully saturated rings. The maximum absolute atomic E-state index is 12.4. The zero-order chi connectivity index (χ0) is 14.2. The van der Waals surface area contributed by atoms with Crippen LogP contribution in [-0.2, 0) is 17.8 Å². The van der Waals surface area contributed by atoms with Gasteiger partial charge in [0.15, 0.2) is 0 Å². The molecule has 1 N–H and O–H groups in total. The molecule has 1 unspecified atom stereocenters. The van der Waals surface area contributed by atoms with Crippen molar-refractivity contribution in [1.82, 2.24) is 15.1 Å². The molecule has 0 aliphatic carbocycles. The van der Waals surface area contributed by atoms with E-state index in [2.05, 4.69) is 21.7 Å². The van der Waals surface area contributed by atoms with Crippen LogP contribution in [0, 0.1) is 5.92 Å². The average Bonchev–Trinajstić information content (AvgIpc) is 3.01. The first-order valence-electron chi connectivity index (χ1n) is 8.08. The van der Waals surface area contributed by atoms with Gasteiger partial charge in [-0.15, -0.1) is 11.3 Å². The molecule has 4 aliphatic rings. The average molecular weight is 305 g/mol. The first-order valence-corrected chi connectivity index (χ1v) is 8.96. The number of thiophene rings is 1. The zero-order valence-corrected chi connectivity index (χ0v) is 13.2. The van der Waals surface area contributed by atoms with Crippen molar-refractivity contribution >= 4 is 17.2 Å². The molecule has 4 nitrogen and oxygen atoms in total. The van der Waals surface area contributed by atoms with Crippen molar-refractivity contribution in [3.05, 3.63) is 21.9 Å². The predicted octanol–water partition coefficient (Wildman–Crippen LogP) is 1.32. The third kappa shape index (κ3) is 2.74. The lowest BCUT2D eigenvalue weighted by Gasteiger charge is -2.45. The normalized spacial score (nSPS) is 31.2. The fourth-order valence-electron chi connectivity index (χ4n) is 3.99. The molecular formula is C16H23N3OS. The highest BCUT2D eigenvalue weighted by atomic mass is 32.1. The quantitative estimate of drug-likeness (QED) is 0.915. The molecule has 3 saturated heterocycles. The minimum absolute atomic E-state index is 0.267. The lowest BCUT2D eigenvalue weighted by atomic mass is 9.84. The summed E-state index contributed by atoms with van der Waals surface area (Å²) in [6.45, 7) is 5.84. The van der Waals surface area contributed by atoms with Crippen LogP contribution in [0.2, 0.25) is 0 Å². The van der Waals surface area contributed by atoms with Crippen LogP contribution in [-0.4, -0.2) is 54.5 Å². The molecule has 21 heavy (non-hydrogen) atoms. The summed E-state index contributed by atoms with van der Waals surface area (Å²) < 4.78 is 0. The smallest absolute Gasteiger partial charge is 0.236 e. The highest BCUT2D eigenvalue weighted by molar-refractivity contribution is 7.10. The summed E-state index contributed by atoms with van der Waals surface area (Å²) in [5.74, 6) is 1.05. The molecule has 114 valence electrons. The second kappa shape index (κ2) is 5.71. The molecule has 5 heteroatoms. The van der Waals surface area contributed by atoms with Gasteiger partial charge in [0.1, 0.15) is 0 Å². The summed E-state index contributed by atoms with van der Waals surface area (Å²) in [6, 6.07) is 2.69. The second-order valence-corrected chi connectivity index (χ2v) is 7.56. The van der Waals surface area contributed by atoms with Crippen LogP contribution in [0.3, 0.4) is 0 Å². The minimum Gasteiger partial charge on any atom is -0.337 e. The number of fused-ring (bicyclic) bond motifs is 4. The molecule has 0 radical (unpaired) electrons. The number of nitrogens with one attached hydrogen (secondary N) is 1. The van der Waals surface area contributed by atoms with E-state index in [1.807, 2.05) is 16.2 Å². The lowest BCUT2D eigenvalue weighted by Crippen LogP contribution is -2.57. The number of rotatable bonds is 3. The summed E-state index contributed by atoms with van der Waals surface area (Å²) in [5.41, 5.74) is 1.35. The van der Waals surface area contributed by atoms with Crippen molar-refractivity contribution in [3.8, 4) is 0 Å². The Balaban J connectivity index is 1.31. The van der Waals surface area contributed by atoms with Gasteiger partial charge in [-0.05, 0) is 55.3 Å². The predicted molar refractivity (Wildman–Crippen MR) is 84.4 cm³/mol. The number of hydrogen-bond donors (Lipinski definition) is 1. The van der Waals surface area contributed by atoms with E-state index in [1.54, 1.807) is 0 Å². The molecule has 0 spiro atoms. The zero-order valence-electron chi connectivity index (χ0n) is 12.4. The Bertz CT molecular complexity index is 521. The first kappa shape index (κ1) is 13.7. The third-order valence-corrected chi connectivity index (χ3v) is 6.36. The first-order chi connectivity index (χ1) is 10.3. The number of nitrogens with zero attached hydrogens (tertiary/aromatic N) is 2. The maximum Gasteiger partial charge on any atom is 0.236 e. The van der Waals surface area contributed by atoms with E-state index in [9.17, 15) is 4.79 Å². The van der Waals surface area contributed by atoms with Gasteiger partial charge in [-0.1, -0.05) is 0 Å². The third-order valence-electron chi connectivity index (χ3n) is 5.33. The summed E-state index contributed by atoms with van der Waals surface area (Å²) in [7, 11) is 0. The van der Waals surface area contributed by atoms with E-state index in [1.165, 1.54) is 36.4 Å². The molecule has 1 aromatic heterocycles. The van der Waals surface area contributed by atoms with Crippen LogP contribution >= 0.6 is 11.3 Å². The standard InChI is InChI=1S/C16H23N3OS/c20-16(19-7-3-15-13(10-19)4-8-21-15)9-17-14-11-18-5-1-12(14)2-6-18/h4,8,12,14,17H,1-3,5-7,9-11H2. The Morgan fingerprint density at radius 1 is 1.33 bits per heavy atom. The van der Waals surface area contributed by atoms with Gasteiger partial charge in [0.2, 0.25) is 5.91 Å². The Morgan fingerprint density at radius 2 is 2.19 bits per heavy atom. The van der Waals surface area contributed by atoms with Crippen molar-refractivity contribution in [3.63, 3.8) is 0 Å². The molecule has 1 amide bonds.